The molecular formula is C17H25N3O2. The minimum atomic E-state index is 0.0990. The van der Waals surface area contributed by atoms with Crippen LogP contribution in [0.1, 0.15) is 44.3 Å². The van der Waals surface area contributed by atoms with E-state index in [4.69, 9.17) is 4.42 Å². The van der Waals surface area contributed by atoms with Crippen molar-refractivity contribution < 1.29 is 9.21 Å². The molecule has 2 unspecified atom stereocenters. The van der Waals surface area contributed by atoms with Gasteiger partial charge in [-0.25, -0.2) is 4.98 Å². The first-order valence-corrected chi connectivity index (χ1v) is 8.22. The van der Waals surface area contributed by atoms with E-state index >= 15 is 0 Å². The number of allylic oxidation sites excluding steroid dienone is 1. The average molecular weight is 303 g/mol. The fourth-order valence-corrected chi connectivity index (χ4v) is 3.54. The van der Waals surface area contributed by atoms with Gasteiger partial charge in [-0.3, -0.25) is 9.69 Å². The van der Waals surface area contributed by atoms with Gasteiger partial charge in [-0.1, -0.05) is 12.2 Å². The number of aromatic nitrogens is 1. The fourth-order valence-electron chi connectivity index (χ4n) is 3.54. The molecule has 1 amide bonds. The molecule has 2 aliphatic rings. The Labute approximate surface area is 132 Å². The van der Waals surface area contributed by atoms with Crippen molar-refractivity contribution in [2.75, 3.05) is 13.1 Å². The van der Waals surface area contributed by atoms with E-state index in [1.54, 1.807) is 13.1 Å². The number of oxazole rings is 1. The van der Waals surface area contributed by atoms with Crippen LogP contribution in [0.3, 0.4) is 0 Å². The zero-order valence-electron chi connectivity index (χ0n) is 13.5. The number of aryl methyl sites for hydroxylation is 1. The molecule has 3 rings (SSSR count). The topological polar surface area (TPSA) is 49.6 Å². The van der Waals surface area contributed by atoms with Gasteiger partial charge in [0.25, 0.3) is 0 Å². The van der Waals surface area contributed by atoms with E-state index in [1.807, 2.05) is 11.8 Å². The highest BCUT2D eigenvalue weighted by Crippen LogP contribution is 2.24. The minimum absolute atomic E-state index is 0.0990. The third-order valence-corrected chi connectivity index (χ3v) is 4.71. The van der Waals surface area contributed by atoms with Gasteiger partial charge in [0, 0.05) is 32.1 Å². The lowest BCUT2D eigenvalue weighted by Crippen LogP contribution is -2.42. The molecule has 0 aromatic carbocycles. The molecule has 1 aliphatic carbocycles. The Morgan fingerprint density at radius 3 is 3.00 bits per heavy atom. The van der Waals surface area contributed by atoms with Crippen LogP contribution in [-0.4, -0.2) is 45.9 Å². The Bertz CT molecular complexity index is 552. The number of carbonyl (C=O) groups is 1. The van der Waals surface area contributed by atoms with Crippen LogP contribution < -0.4 is 0 Å². The van der Waals surface area contributed by atoms with Crippen molar-refractivity contribution in [3.63, 3.8) is 0 Å². The molecule has 1 fully saturated rings. The first kappa shape index (κ1) is 15.3. The summed E-state index contributed by atoms with van der Waals surface area (Å²) in [4.78, 5) is 20.7. The SMILES string of the molecule is CC(=O)N(Cc1ncc(C)o1)C1CCN(C2C=CCCC2)C1. The molecule has 0 N–H and O–H groups in total. The summed E-state index contributed by atoms with van der Waals surface area (Å²) in [5.74, 6) is 1.52. The second kappa shape index (κ2) is 6.65. The van der Waals surface area contributed by atoms with Gasteiger partial charge in [0.1, 0.15) is 5.76 Å². The second-order valence-corrected chi connectivity index (χ2v) is 6.38. The first-order chi connectivity index (χ1) is 10.6. The van der Waals surface area contributed by atoms with Crippen molar-refractivity contribution in [3.8, 4) is 0 Å². The molecule has 0 spiro atoms. The molecule has 0 saturated carbocycles. The molecule has 1 saturated heterocycles. The predicted molar refractivity (Wildman–Crippen MR) is 84.2 cm³/mol. The van der Waals surface area contributed by atoms with Crippen molar-refractivity contribution in [3.05, 3.63) is 30.0 Å². The minimum Gasteiger partial charge on any atom is -0.444 e. The number of hydrogen-bond acceptors (Lipinski definition) is 4. The largest absolute Gasteiger partial charge is 0.444 e. The summed E-state index contributed by atoms with van der Waals surface area (Å²) in [6, 6.07) is 0.816. The van der Waals surface area contributed by atoms with E-state index < -0.39 is 0 Å². The van der Waals surface area contributed by atoms with Gasteiger partial charge in [0.2, 0.25) is 11.8 Å². The first-order valence-electron chi connectivity index (χ1n) is 8.22. The lowest BCUT2D eigenvalue weighted by Gasteiger charge is -2.30. The highest BCUT2D eigenvalue weighted by molar-refractivity contribution is 5.73. The van der Waals surface area contributed by atoms with Crippen LogP contribution in [0.2, 0.25) is 0 Å². The molecule has 5 heteroatoms. The van der Waals surface area contributed by atoms with Crippen molar-refractivity contribution in [1.82, 2.24) is 14.8 Å². The molecule has 2 atom stereocenters. The third kappa shape index (κ3) is 3.40. The van der Waals surface area contributed by atoms with Crippen LogP contribution >= 0.6 is 0 Å². The van der Waals surface area contributed by atoms with E-state index in [0.29, 0.717) is 18.5 Å². The summed E-state index contributed by atoms with van der Waals surface area (Å²) < 4.78 is 5.54. The van der Waals surface area contributed by atoms with Crippen molar-refractivity contribution in [2.24, 2.45) is 0 Å². The molecule has 2 heterocycles. The van der Waals surface area contributed by atoms with Gasteiger partial charge in [-0.2, -0.15) is 0 Å². The molecule has 1 aliphatic heterocycles. The fraction of sp³-hybridized carbons (Fsp3) is 0.647. The van der Waals surface area contributed by atoms with Crippen LogP contribution in [-0.2, 0) is 11.3 Å². The lowest BCUT2D eigenvalue weighted by atomic mass is 10.0. The highest BCUT2D eigenvalue weighted by atomic mass is 16.4. The quantitative estimate of drug-likeness (QED) is 0.802. The van der Waals surface area contributed by atoms with E-state index in [-0.39, 0.29) is 11.9 Å². The van der Waals surface area contributed by atoms with Crippen LogP contribution in [0, 0.1) is 6.92 Å². The molecule has 5 nitrogen and oxygen atoms in total. The van der Waals surface area contributed by atoms with E-state index in [0.717, 1.165) is 25.3 Å². The van der Waals surface area contributed by atoms with Gasteiger partial charge in [-0.05, 0) is 32.6 Å². The third-order valence-electron chi connectivity index (χ3n) is 4.71. The summed E-state index contributed by atoms with van der Waals surface area (Å²) in [6.07, 6.45) is 11.1. The lowest BCUT2D eigenvalue weighted by molar-refractivity contribution is -0.132. The molecule has 1 aromatic rings. The molecular weight excluding hydrogens is 278 g/mol. The second-order valence-electron chi connectivity index (χ2n) is 6.38. The Hall–Kier alpha value is -1.62. The van der Waals surface area contributed by atoms with E-state index in [1.165, 1.54) is 19.3 Å². The number of hydrogen-bond donors (Lipinski definition) is 0. The van der Waals surface area contributed by atoms with Crippen molar-refractivity contribution in [2.45, 2.75) is 58.2 Å². The molecule has 0 bridgehead atoms. The Balaban J connectivity index is 1.64. The zero-order chi connectivity index (χ0) is 15.5. The number of carbonyl (C=O) groups excluding carboxylic acids is 1. The average Bonchev–Trinajstić information content (AvgIpc) is 3.14. The van der Waals surface area contributed by atoms with Crippen molar-refractivity contribution in [1.29, 1.82) is 0 Å². The summed E-state index contributed by atoms with van der Waals surface area (Å²) in [5.41, 5.74) is 0. The predicted octanol–water partition coefficient (Wildman–Crippen LogP) is 2.51. The van der Waals surface area contributed by atoms with Gasteiger partial charge < -0.3 is 9.32 Å². The van der Waals surface area contributed by atoms with Crippen LogP contribution in [0.4, 0.5) is 0 Å². The van der Waals surface area contributed by atoms with E-state index in [9.17, 15) is 4.79 Å². The number of nitrogens with zero attached hydrogens (tertiary/aromatic N) is 3. The summed E-state index contributed by atoms with van der Waals surface area (Å²) >= 11 is 0. The maximum absolute atomic E-state index is 12.0. The summed E-state index contributed by atoms with van der Waals surface area (Å²) in [6.45, 7) is 6.00. The van der Waals surface area contributed by atoms with Gasteiger partial charge in [-0.15, -0.1) is 0 Å². The number of rotatable bonds is 4. The van der Waals surface area contributed by atoms with Gasteiger partial charge in [0.15, 0.2) is 0 Å². The number of amides is 1. The molecule has 22 heavy (non-hydrogen) atoms. The van der Waals surface area contributed by atoms with Gasteiger partial charge >= 0.3 is 0 Å². The van der Waals surface area contributed by atoms with Crippen molar-refractivity contribution >= 4 is 5.91 Å². The highest BCUT2D eigenvalue weighted by Gasteiger charge is 2.32. The maximum atomic E-state index is 12.0. The maximum Gasteiger partial charge on any atom is 0.220 e. The molecule has 0 radical (unpaired) electrons. The molecule has 120 valence electrons. The Kier molecular flexibility index (Phi) is 4.62. The summed E-state index contributed by atoms with van der Waals surface area (Å²) in [5, 5.41) is 0. The molecule has 1 aromatic heterocycles. The van der Waals surface area contributed by atoms with Crippen LogP contribution in [0.25, 0.3) is 0 Å². The zero-order valence-corrected chi connectivity index (χ0v) is 13.5. The Morgan fingerprint density at radius 1 is 1.50 bits per heavy atom. The standard InChI is InChI=1S/C17H25N3O2/c1-13-10-18-17(22-13)12-20(14(2)21)16-8-9-19(11-16)15-6-4-3-5-7-15/h4,6,10,15-16H,3,5,7-9,11-12H2,1-2H3. The van der Waals surface area contributed by atoms with Crippen LogP contribution in [0.15, 0.2) is 22.8 Å². The smallest absolute Gasteiger partial charge is 0.220 e. The normalized spacial score (nSPS) is 25.5. The monoisotopic (exact) mass is 303 g/mol. The van der Waals surface area contributed by atoms with E-state index in [2.05, 4.69) is 22.0 Å². The number of likely N-dealkylation sites (tertiary alicyclic amines) is 1. The summed E-state index contributed by atoms with van der Waals surface area (Å²) in [7, 11) is 0. The van der Waals surface area contributed by atoms with Crippen LogP contribution in [0.5, 0.6) is 0 Å². The Morgan fingerprint density at radius 2 is 2.36 bits per heavy atom. The van der Waals surface area contributed by atoms with Gasteiger partial charge in [0.05, 0.1) is 12.7 Å².